The highest BCUT2D eigenvalue weighted by molar-refractivity contribution is 5.65. The topological polar surface area (TPSA) is 43.5 Å². The largest absolute Gasteiger partial charge is 0.322 e. The van der Waals surface area contributed by atoms with Crippen LogP contribution in [0, 0.1) is 17.2 Å². The van der Waals surface area contributed by atoms with Crippen molar-refractivity contribution in [1.82, 2.24) is 14.6 Å². The first-order valence-electron chi connectivity index (χ1n) is 7.66. The van der Waals surface area contributed by atoms with Crippen LogP contribution in [0.2, 0.25) is 0 Å². The Balaban J connectivity index is 1.73. The second-order valence-corrected chi connectivity index (χ2v) is 6.02. The van der Waals surface area contributed by atoms with Crippen LogP contribution in [0.15, 0.2) is 30.6 Å². The van der Waals surface area contributed by atoms with E-state index in [-0.39, 0.29) is 0 Å². The maximum Gasteiger partial charge on any atom is 0.102 e. The highest BCUT2D eigenvalue weighted by Gasteiger charge is 2.17. The lowest BCUT2D eigenvalue weighted by atomic mass is 9.97. The summed E-state index contributed by atoms with van der Waals surface area (Å²) in [5, 5.41) is 12.9. The van der Waals surface area contributed by atoms with Gasteiger partial charge in [0, 0.05) is 31.0 Å². The van der Waals surface area contributed by atoms with Crippen molar-refractivity contribution in [3.05, 3.63) is 41.7 Å². The number of aromatic nitrogens is 1. The van der Waals surface area contributed by atoms with Gasteiger partial charge in [-0.3, -0.25) is 0 Å². The van der Waals surface area contributed by atoms with E-state index in [1.165, 1.54) is 12.8 Å². The summed E-state index contributed by atoms with van der Waals surface area (Å²) >= 11 is 0. The maximum atomic E-state index is 9.45. The lowest BCUT2D eigenvalue weighted by Gasteiger charge is -2.27. The summed E-state index contributed by atoms with van der Waals surface area (Å²) in [4.78, 5) is 2.35. The minimum Gasteiger partial charge on any atom is -0.322 e. The molecule has 0 atom stereocenters. The highest BCUT2D eigenvalue weighted by Crippen LogP contribution is 2.20. The van der Waals surface area contributed by atoms with Crippen LogP contribution >= 0.6 is 0 Å². The molecule has 1 aliphatic heterocycles. The first-order valence-corrected chi connectivity index (χ1v) is 7.66. The van der Waals surface area contributed by atoms with Gasteiger partial charge >= 0.3 is 0 Å². The molecule has 0 aromatic carbocycles. The van der Waals surface area contributed by atoms with E-state index in [1.807, 2.05) is 28.8 Å². The zero-order chi connectivity index (χ0) is 14.7. The van der Waals surface area contributed by atoms with Crippen molar-refractivity contribution >= 4 is 5.52 Å². The van der Waals surface area contributed by atoms with Crippen molar-refractivity contribution in [1.29, 1.82) is 5.26 Å². The third-order valence-corrected chi connectivity index (χ3v) is 4.34. The van der Waals surface area contributed by atoms with Gasteiger partial charge in [-0.2, -0.15) is 5.26 Å². The average Bonchev–Trinajstić information content (AvgIpc) is 2.85. The van der Waals surface area contributed by atoms with Gasteiger partial charge in [0.25, 0.3) is 0 Å². The number of hydrogen-bond donors (Lipinski definition) is 1. The van der Waals surface area contributed by atoms with E-state index in [9.17, 15) is 5.26 Å². The van der Waals surface area contributed by atoms with Crippen LogP contribution < -0.4 is 5.32 Å². The molecule has 110 valence electrons. The summed E-state index contributed by atoms with van der Waals surface area (Å²) in [6.07, 6.45) is 6.61. The number of pyridine rings is 1. The molecule has 4 nitrogen and oxygen atoms in total. The van der Waals surface area contributed by atoms with E-state index < -0.39 is 0 Å². The van der Waals surface area contributed by atoms with Crippen molar-refractivity contribution < 1.29 is 0 Å². The van der Waals surface area contributed by atoms with E-state index >= 15 is 0 Å². The Morgan fingerprint density at radius 1 is 1.38 bits per heavy atom. The molecule has 1 aliphatic rings. The molecule has 21 heavy (non-hydrogen) atoms. The third-order valence-electron chi connectivity index (χ3n) is 4.34. The Hall–Kier alpha value is -1.83. The Bertz CT molecular complexity index is 646. The van der Waals surface area contributed by atoms with Crippen molar-refractivity contribution in [2.45, 2.75) is 19.4 Å². The Morgan fingerprint density at radius 2 is 2.19 bits per heavy atom. The Kier molecular flexibility index (Phi) is 4.23. The van der Waals surface area contributed by atoms with Gasteiger partial charge in [0.1, 0.15) is 6.07 Å². The van der Waals surface area contributed by atoms with Gasteiger partial charge < -0.3 is 14.6 Å². The number of nitrogens with one attached hydrogen (secondary N) is 1. The second-order valence-electron chi connectivity index (χ2n) is 6.02. The first-order chi connectivity index (χ1) is 10.3. The number of nitrogens with zero attached hydrogens (tertiary/aromatic N) is 3. The standard InChI is InChI=1S/C17H22N4/c1-20(11-14-5-7-19-8-6-14)12-15-13-21-9-3-2-4-17(21)16(15)10-18/h2-4,9,13-14,19H,5-8,11-12H2,1H3. The molecule has 1 fully saturated rings. The Morgan fingerprint density at radius 3 is 2.95 bits per heavy atom. The zero-order valence-electron chi connectivity index (χ0n) is 12.5. The molecule has 2 aromatic rings. The number of rotatable bonds is 4. The molecule has 1 saturated heterocycles. The Labute approximate surface area is 126 Å². The molecule has 0 aliphatic carbocycles. The highest BCUT2D eigenvalue weighted by atomic mass is 15.1. The molecule has 0 unspecified atom stereocenters. The molecule has 0 radical (unpaired) electrons. The van der Waals surface area contributed by atoms with Gasteiger partial charge in [0.15, 0.2) is 0 Å². The fourth-order valence-corrected chi connectivity index (χ4v) is 3.29. The van der Waals surface area contributed by atoms with Gasteiger partial charge in [0.2, 0.25) is 0 Å². The number of nitriles is 1. The average molecular weight is 282 g/mol. The second kappa shape index (κ2) is 6.30. The minimum atomic E-state index is 0.777. The molecule has 3 rings (SSSR count). The van der Waals surface area contributed by atoms with E-state index in [0.717, 1.165) is 48.7 Å². The molecule has 0 amide bonds. The quantitative estimate of drug-likeness (QED) is 0.935. The van der Waals surface area contributed by atoms with Crippen LogP contribution in [-0.4, -0.2) is 36.0 Å². The SMILES string of the molecule is CN(Cc1cn2ccccc2c1C#N)CC1CCNCC1. The van der Waals surface area contributed by atoms with E-state index in [2.05, 4.69) is 29.5 Å². The molecule has 0 saturated carbocycles. The predicted octanol–water partition coefficient (Wildman–Crippen LogP) is 2.24. The van der Waals surface area contributed by atoms with Gasteiger partial charge in [-0.05, 0) is 51.0 Å². The smallest absolute Gasteiger partial charge is 0.102 e. The molecule has 3 heterocycles. The molecule has 0 bridgehead atoms. The van der Waals surface area contributed by atoms with Gasteiger partial charge in [-0.1, -0.05) is 6.07 Å². The molecule has 0 spiro atoms. The van der Waals surface area contributed by atoms with Crippen molar-refractivity contribution in [3.8, 4) is 6.07 Å². The van der Waals surface area contributed by atoms with Crippen LogP contribution in [0.3, 0.4) is 0 Å². The maximum absolute atomic E-state index is 9.45. The van der Waals surface area contributed by atoms with Crippen LogP contribution in [0.5, 0.6) is 0 Å². The number of piperidine rings is 1. The van der Waals surface area contributed by atoms with Crippen LogP contribution in [0.25, 0.3) is 5.52 Å². The molecular formula is C17H22N4. The first kappa shape index (κ1) is 14.1. The summed E-state index contributed by atoms with van der Waals surface area (Å²) in [6, 6.07) is 8.36. The monoisotopic (exact) mass is 282 g/mol. The van der Waals surface area contributed by atoms with Gasteiger partial charge in [-0.25, -0.2) is 0 Å². The van der Waals surface area contributed by atoms with Gasteiger partial charge in [0.05, 0.1) is 11.1 Å². The summed E-state index contributed by atoms with van der Waals surface area (Å²) in [5.74, 6) is 0.777. The molecule has 4 heteroatoms. The summed E-state index contributed by atoms with van der Waals surface area (Å²) < 4.78 is 2.05. The minimum absolute atomic E-state index is 0.777. The van der Waals surface area contributed by atoms with Crippen LogP contribution in [0.4, 0.5) is 0 Å². The van der Waals surface area contributed by atoms with Crippen molar-refractivity contribution in [2.24, 2.45) is 5.92 Å². The molecule has 2 aromatic heterocycles. The fourth-order valence-electron chi connectivity index (χ4n) is 3.29. The molecule has 1 N–H and O–H groups in total. The third kappa shape index (κ3) is 3.10. The number of fused-ring (bicyclic) bond motifs is 1. The molecular weight excluding hydrogens is 260 g/mol. The van der Waals surface area contributed by atoms with Crippen LogP contribution in [0.1, 0.15) is 24.0 Å². The van der Waals surface area contributed by atoms with E-state index in [0.29, 0.717) is 0 Å². The van der Waals surface area contributed by atoms with E-state index in [1.54, 1.807) is 0 Å². The predicted molar refractivity (Wildman–Crippen MR) is 84.0 cm³/mol. The van der Waals surface area contributed by atoms with Crippen molar-refractivity contribution in [2.75, 3.05) is 26.7 Å². The summed E-state index contributed by atoms with van der Waals surface area (Å²) in [5.41, 5.74) is 2.94. The summed E-state index contributed by atoms with van der Waals surface area (Å²) in [6.45, 7) is 4.23. The zero-order valence-corrected chi connectivity index (χ0v) is 12.5. The number of hydrogen-bond acceptors (Lipinski definition) is 3. The van der Waals surface area contributed by atoms with Crippen molar-refractivity contribution in [3.63, 3.8) is 0 Å². The fraction of sp³-hybridized carbons (Fsp3) is 0.471. The lowest BCUT2D eigenvalue weighted by molar-refractivity contribution is 0.234. The van der Waals surface area contributed by atoms with Gasteiger partial charge in [-0.15, -0.1) is 0 Å². The van der Waals surface area contributed by atoms with Crippen LogP contribution in [-0.2, 0) is 6.54 Å². The van der Waals surface area contributed by atoms with E-state index in [4.69, 9.17) is 0 Å². The lowest BCUT2D eigenvalue weighted by Crippen LogP contribution is -2.34. The summed E-state index contributed by atoms with van der Waals surface area (Å²) in [7, 11) is 2.16. The normalized spacial score (nSPS) is 16.4.